The van der Waals surface area contributed by atoms with E-state index in [4.69, 9.17) is 11.6 Å². The lowest BCUT2D eigenvalue weighted by Gasteiger charge is -2.09. The Hall–Kier alpha value is -2.60. The zero-order valence-corrected chi connectivity index (χ0v) is 11.7. The van der Waals surface area contributed by atoms with Crippen molar-refractivity contribution in [3.8, 4) is 0 Å². The fourth-order valence-corrected chi connectivity index (χ4v) is 2.22. The van der Waals surface area contributed by atoms with Crippen LogP contribution < -0.4 is 5.32 Å². The highest BCUT2D eigenvalue weighted by Gasteiger charge is 2.16. The van der Waals surface area contributed by atoms with Crippen LogP contribution in [-0.4, -0.2) is 15.9 Å². The number of aromatic nitrogens is 2. The lowest BCUT2D eigenvalue weighted by Crippen LogP contribution is -2.16. The van der Waals surface area contributed by atoms with E-state index in [9.17, 15) is 13.6 Å². The van der Waals surface area contributed by atoms with Crippen molar-refractivity contribution >= 4 is 34.1 Å². The topological polar surface area (TPSA) is 54.9 Å². The van der Waals surface area contributed by atoms with Crippen molar-refractivity contribution in [3.05, 3.63) is 65.1 Å². The van der Waals surface area contributed by atoms with Crippen molar-refractivity contribution < 1.29 is 13.6 Å². The van der Waals surface area contributed by atoms with E-state index in [2.05, 4.69) is 15.3 Å². The van der Waals surface area contributed by atoms with Gasteiger partial charge in [-0.2, -0.15) is 0 Å². The van der Waals surface area contributed by atoms with E-state index in [0.717, 1.165) is 6.20 Å². The SMILES string of the molecule is O=C(Nc1ccc(Cl)c2cccnc12)c1ncc(F)cc1F. The van der Waals surface area contributed by atoms with Crippen molar-refractivity contribution in [1.29, 1.82) is 0 Å². The molecule has 0 aliphatic carbocycles. The highest BCUT2D eigenvalue weighted by molar-refractivity contribution is 6.36. The zero-order valence-electron chi connectivity index (χ0n) is 11.0. The maximum absolute atomic E-state index is 13.6. The number of pyridine rings is 2. The van der Waals surface area contributed by atoms with E-state index in [0.29, 0.717) is 27.7 Å². The van der Waals surface area contributed by atoms with Gasteiger partial charge in [-0.05, 0) is 24.3 Å². The Kier molecular flexibility index (Phi) is 3.68. The zero-order chi connectivity index (χ0) is 15.7. The lowest BCUT2D eigenvalue weighted by molar-refractivity contribution is 0.101. The van der Waals surface area contributed by atoms with E-state index in [1.807, 2.05) is 0 Å². The van der Waals surface area contributed by atoms with Crippen LogP contribution in [0.25, 0.3) is 10.9 Å². The predicted molar refractivity (Wildman–Crippen MR) is 78.9 cm³/mol. The number of fused-ring (bicyclic) bond motifs is 1. The lowest BCUT2D eigenvalue weighted by atomic mass is 10.2. The number of benzene rings is 1. The third-order valence-corrected chi connectivity index (χ3v) is 3.32. The van der Waals surface area contributed by atoms with Crippen LogP contribution in [0.5, 0.6) is 0 Å². The molecule has 0 bridgehead atoms. The van der Waals surface area contributed by atoms with Gasteiger partial charge in [0.25, 0.3) is 5.91 Å². The van der Waals surface area contributed by atoms with Crippen LogP contribution in [0.3, 0.4) is 0 Å². The first kappa shape index (κ1) is 14.3. The van der Waals surface area contributed by atoms with Gasteiger partial charge in [-0.15, -0.1) is 0 Å². The van der Waals surface area contributed by atoms with Gasteiger partial charge in [0.05, 0.1) is 22.4 Å². The molecule has 2 aromatic heterocycles. The summed E-state index contributed by atoms with van der Waals surface area (Å²) in [5, 5.41) is 3.63. The highest BCUT2D eigenvalue weighted by atomic mass is 35.5. The van der Waals surface area contributed by atoms with Gasteiger partial charge in [0.2, 0.25) is 0 Å². The number of amides is 1. The second-order valence-electron chi connectivity index (χ2n) is 4.43. The summed E-state index contributed by atoms with van der Waals surface area (Å²) in [7, 11) is 0. The number of carbonyl (C=O) groups is 1. The molecule has 1 amide bonds. The normalized spacial score (nSPS) is 10.7. The van der Waals surface area contributed by atoms with Gasteiger partial charge in [0.15, 0.2) is 11.5 Å². The number of nitrogens with zero attached hydrogens (tertiary/aromatic N) is 2. The standard InChI is InChI=1S/C15H8ClF2N3O/c16-10-3-4-12(13-9(10)2-1-5-19-13)21-15(22)14-11(18)6-8(17)7-20-14/h1-7H,(H,21,22). The number of nitrogens with one attached hydrogen (secondary N) is 1. The summed E-state index contributed by atoms with van der Waals surface area (Å²) in [4.78, 5) is 19.7. The Morgan fingerprint density at radius 3 is 2.77 bits per heavy atom. The second kappa shape index (κ2) is 5.65. The summed E-state index contributed by atoms with van der Waals surface area (Å²) in [5.74, 6) is -2.69. The maximum Gasteiger partial charge on any atom is 0.277 e. The fraction of sp³-hybridized carbons (Fsp3) is 0. The number of hydrogen-bond donors (Lipinski definition) is 1. The number of hydrogen-bond acceptors (Lipinski definition) is 3. The van der Waals surface area contributed by atoms with Crippen LogP contribution in [0.4, 0.5) is 14.5 Å². The number of halogens is 3. The summed E-state index contributed by atoms with van der Waals surface area (Å²) < 4.78 is 26.4. The first-order chi connectivity index (χ1) is 10.6. The van der Waals surface area contributed by atoms with Crippen LogP contribution in [0, 0.1) is 11.6 Å². The van der Waals surface area contributed by atoms with E-state index in [-0.39, 0.29) is 0 Å². The molecule has 7 heteroatoms. The fourth-order valence-electron chi connectivity index (χ4n) is 2.00. The van der Waals surface area contributed by atoms with Crippen LogP contribution in [0.2, 0.25) is 5.02 Å². The molecule has 0 saturated carbocycles. The van der Waals surface area contributed by atoms with Crippen LogP contribution in [0.1, 0.15) is 10.5 Å². The minimum absolute atomic E-state index is 0.357. The van der Waals surface area contributed by atoms with Gasteiger partial charge in [0.1, 0.15) is 5.82 Å². The van der Waals surface area contributed by atoms with E-state index in [1.165, 1.54) is 0 Å². The predicted octanol–water partition coefficient (Wildman–Crippen LogP) is 3.81. The highest BCUT2D eigenvalue weighted by Crippen LogP contribution is 2.28. The molecule has 0 spiro atoms. The second-order valence-corrected chi connectivity index (χ2v) is 4.84. The van der Waals surface area contributed by atoms with Gasteiger partial charge >= 0.3 is 0 Å². The van der Waals surface area contributed by atoms with Crippen LogP contribution >= 0.6 is 11.6 Å². The van der Waals surface area contributed by atoms with Gasteiger partial charge in [-0.3, -0.25) is 9.78 Å². The Morgan fingerprint density at radius 2 is 2.00 bits per heavy atom. The molecule has 1 N–H and O–H groups in total. The molecule has 0 fully saturated rings. The van der Waals surface area contributed by atoms with Gasteiger partial charge in [-0.1, -0.05) is 11.6 Å². The summed E-state index contributed by atoms with van der Waals surface area (Å²) >= 11 is 6.06. The van der Waals surface area contributed by atoms with Crippen molar-refractivity contribution in [2.45, 2.75) is 0 Å². The molecule has 3 aromatic rings. The first-order valence-corrected chi connectivity index (χ1v) is 6.59. The molecule has 0 saturated heterocycles. The maximum atomic E-state index is 13.6. The summed E-state index contributed by atoms with van der Waals surface area (Å²) in [6.07, 6.45) is 2.32. The molecule has 0 aliphatic rings. The Morgan fingerprint density at radius 1 is 1.18 bits per heavy atom. The van der Waals surface area contributed by atoms with Crippen molar-refractivity contribution in [2.75, 3.05) is 5.32 Å². The molecule has 0 radical (unpaired) electrons. The molecule has 110 valence electrons. The van der Waals surface area contributed by atoms with Gasteiger partial charge in [0, 0.05) is 17.6 Å². The first-order valence-electron chi connectivity index (χ1n) is 6.22. The van der Waals surface area contributed by atoms with Crippen molar-refractivity contribution in [2.24, 2.45) is 0 Å². The Labute approximate surface area is 128 Å². The van der Waals surface area contributed by atoms with E-state index < -0.39 is 23.2 Å². The molecule has 0 unspecified atom stereocenters. The minimum Gasteiger partial charge on any atom is -0.319 e. The number of anilines is 1. The van der Waals surface area contributed by atoms with Gasteiger partial charge < -0.3 is 5.32 Å². The van der Waals surface area contributed by atoms with Crippen LogP contribution in [0.15, 0.2) is 42.7 Å². The monoisotopic (exact) mass is 319 g/mol. The average Bonchev–Trinajstić information content (AvgIpc) is 2.50. The number of rotatable bonds is 2. The summed E-state index contributed by atoms with van der Waals surface area (Å²) in [6.45, 7) is 0. The molecule has 0 atom stereocenters. The molecule has 0 aliphatic heterocycles. The Balaban J connectivity index is 2.00. The Bertz CT molecular complexity index is 886. The molecular formula is C15H8ClF2N3O. The van der Waals surface area contributed by atoms with Crippen molar-refractivity contribution in [3.63, 3.8) is 0 Å². The molecule has 2 heterocycles. The molecule has 1 aromatic carbocycles. The molecular weight excluding hydrogens is 312 g/mol. The molecule has 4 nitrogen and oxygen atoms in total. The average molecular weight is 320 g/mol. The quantitative estimate of drug-likeness (QED) is 0.781. The summed E-state index contributed by atoms with van der Waals surface area (Å²) in [5.41, 5.74) is 0.321. The van der Waals surface area contributed by atoms with Crippen molar-refractivity contribution in [1.82, 2.24) is 9.97 Å². The van der Waals surface area contributed by atoms with E-state index >= 15 is 0 Å². The third kappa shape index (κ3) is 2.60. The molecule has 22 heavy (non-hydrogen) atoms. The van der Waals surface area contributed by atoms with Gasteiger partial charge in [-0.25, -0.2) is 13.8 Å². The largest absolute Gasteiger partial charge is 0.319 e. The summed E-state index contributed by atoms with van der Waals surface area (Å²) in [6, 6.07) is 7.20. The van der Waals surface area contributed by atoms with E-state index in [1.54, 1.807) is 30.5 Å². The minimum atomic E-state index is -1.04. The third-order valence-electron chi connectivity index (χ3n) is 2.99. The number of carbonyl (C=O) groups excluding carboxylic acids is 1. The molecule has 3 rings (SSSR count). The smallest absolute Gasteiger partial charge is 0.277 e. The van der Waals surface area contributed by atoms with Crippen LogP contribution in [-0.2, 0) is 0 Å².